The fraction of sp³-hybridized carbons (Fsp3) is 0.667. The number of aliphatic imine (C=N–C) groups is 1. The first-order valence-electron chi connectivity index (χ1n) is 5.91. The van der Waals surface area contributed by atoms with E-state index in [0.29, 0.717) is 0 Å². The number of nitrogens with one attached hydrogen (secondary N) is 1. The Bertz CT molecular complexity index is 305. The summed E-state index contributed by atoms with van der Waals surface area (Å²) in [6.07, 6.45) is 10.3. The lowest BCUT2D eigenvalue weighted by atomic mass is 10.0. The monoisotopic (exact) mass is 206 g/mol. The molecule has 1 heterocycles. The molecule has 2 amide bonds. The summed E-state index contributed by atoms with van der Waals surface area (Å²) >= 11 is 0. The molecule has 2 aliphatic rings. The lowest BCUT2D eigenvalue weighted by Gasteiger charge is -2.06. The molecule has 82 valence electrons. The second-order valence-electron chi connectivity index (χ2n) is 4.22. The molecule has 0 bridgehead atoms. The minimum atomic E-state index is -0.160. The van der Waals surface area contributed by atoms with E-state index in [2.05, 4.69) is 16.4 Å². The molecule has 0 atom stereocenters. The van der Waals surface area contributed by atoms with Gasteiger partial charge in [0.25, 0.3) is 0 Å². The van der Waals surface area contributed by atoms with Crippen molar-refractivity contribution in [2.75, 3.05) is 6.54 Å². The van der Waals surface area contributed by atoms with Gasteiger partial charge in [-0.05, 0) is 44.1 Å². The first kappa shape index (κ1) is 10.4. The van der Waals surface area contributed by atoms with E-state index in [4.69, 9.17) is 0 Å². The van der Waals surface area contributed by atoms with Gasteiger partial charge in [-0.2, -0.15) is 4.99 Å². The summed E-state index contributed by atoms with van der Waals surface area (Å²) < 4.78 is 0. The minimum Gasteiger partial charge on any atom is -0.336 e. The Balaban J connectivity index is 2.12. The summed E-state index contributed by atoms with van der Waals surface area (Å²) in [5.74, 6) is 0. The van der Waals surface area contributed by atoms with Crippen LogP contribution in [0, 0.1) is 0 Å². The second-order valence-corrected chi connectivity index (χ2v) is 4.22. The third-order valence-corrected chi connectivity index (χ3v) is 3.01. The van der Waals surface area contributed by atoms with Crippen molar-refractivity contribution < 1.29 is 4.79 Å². The summed E-state index contributed by atoms with van der Waals surface area (Å²) in [6, 6.07) is -0.160. The average molecular weight is 206 g/mol. The fourth-order valence-corrected chi connectivity index (χ4v) is 2.18. The number of carbonyl (C=O) groups excluding carboxylic acids is 1. The van der Waals surface area contributed by atoms with Crippen LogP contribution in [0.3, 0.4) is 0 Å². The molecule has 15 heavy (non-hydrogen) atoms. The van der Waals surface area contributed by atoms with Crippen LogP contribution in [0.2, 0.25) is 0 Å². The van der Waals surface area contributed by atoms with Crippen molar-refractivity contribution in [1.82, 2.24) is 5.32 Å². The van der Waals surface area contributed by atoms with Crippen molar-refractivity contribution in [1.29, 1.82) is 0 Å². The van der Waals surface area contributed by atoms with Crippen LogP contribution in [0.15, 0.2) is 16.6 Å². The predicted octanol–water partition coefficient (Wildman–Crippen LogP) is 2.82. The van der Waals surface area contributed by atoms with Crippen LogP contribution in [0.25, 0.3) is 0 Å². The molecule has 0 saturated heterocycles. The molecule has 0 spiro atoms. The van der Waals surface area contributed by atoms with E-state index in [-0.39, 0.29) is 6.03 Å². The van der Waals surface area contributed by atoms with E-state index in [1.54, 1.807) is 0 Å². The highest BCUT2D eigenvalue weighted by atomic mass is 16.2. The second kappa shape index (κ2) is 5.10. The van der Waals surface area contributed by atoms with Crippen LogP contribution in [-0.4, -0.2) is 18.3 Å². The number of hydrogen-bond donors (Lipinski definition) is 1. The SMILES string of the molecule is O=C1N=C(C2=CCCCCC2)CCCN1. The average Bonchev–Trinajstić information content (AvgIpc) is 2.59. The molecule has 1 aliphatic heterocycles. The lowest BCUT2D eigenvalue weighted by Crippen LogP contribution is -2.18. The van der Waals surface area contributed by atoms with E-state index < -0.39 is 0 Å². The molecule has 1 N–H and O–H groups in total. The van der Waals surface area contributed by atoms with Crippen molar-refractivity contribution in [3.05, 3.63) is 11.6 Å². The van der Waals surface area contributed by atoms with Gasteiger partial charge < -0.3 is 5.32 Å². The van der Waals surface area contributed by atoms with Crippen LogP contribution in [-0.2, 0) is 0 Å². The number of allylic oxidation sites excluding steroid dienone is 2. The van der Waals surface area contributed by atoms with Gasteiger partial charge >= 0.3 is 6.03 Å². The Morgan fingerprint density at radius 2 is 2.07 bits per heavy atom. The Morgan fingerprint density at radius 3 is 3.00 bits per heavy atom. The molecule has 0 unspecified atom stereocenters. The quantitative estimate of drug-likeness (QED) is 0.704. The molecule has 1 aliphatic carbocycles. The zero-order chi connectivity index (χ0) is 10.5. The van der Waals surface area contributed by atoms with Crippen molar-refractivity contribution in [2.45, 2.75) is 44.9 Å². The van der Waals surface area contributed by atoms with Crippen LogP contribution < -0.4 is 5.32 Å². The Labute approximate surface area is 90.7 Å². The van der Waals surface area contributed by atoms with Gasteiger partial charge in [0.1, 0.15) is 0 Å². The molecule has 0 saturated carbocycles. The summed E-state index contributed by atoms with van der Waals surface area (Å²) in [4.78, 5) is 15.4. The zero-order valence-electron chi connectivity index (χ0n) is 9.09. The van der Waals surface area contributed by atoms with Gasteiger partial charge in [0.15, 0.2) is 0 Å². The lowest BCUT2D eigenvalue weighted by molar-refractivity contribution is 0.250. The Hall–Kier alpha value is -1.12. The highest BCUT2D eigenvalue weighted by Crippen LogP contribution is 2.20. The van der Waals surface area contributed by atoms with Crippen LogP contribution >= 0.6 is 0 Å². The van der Waals surface area contributed by atoms with Crippen molar-refractivity contribution in [2.24, 2.45) is 4.99 Å². The maximum atomic E-state index is 11.3. The Kier molecular flexibility index (Phi) is 3.54. The third-order valence-electron chi connectivity index (χ3n) is 3.01. The van der Waals surface area contributed by atoms with Gasteiger partial charge in [0.05, 0.1) is 0 Å². The van der Waals surface area contributed by atoms with E-state index >= 15 is 0 Å². The minimum absolute atomic E-state index is 0.160. The van der Waals surface area contributed by atoms with Crippen LogP contribution in [0.4, 0.5) is 4.79 Å². The largest absolute Gasteiger partial charge is 0.341 e. The molecule has 0 aromatic carbocycles. The van der Waals surface area contributed by atoms with Crippen molar-refractivity contribution in [3.8, 4) is 0 Å². The van der Waals surface area contributed by atoms with E-state index in [9.17, 15) is 4.79 Å². The molecular weight excluding hydrogens is 188 g/mol. The van der Waals surface area contributed by atoms with Gasteiger partial charge in [-0.3, -0.25) is 0 Å². The summed E-state index contributed by atoms with van der Waals surface area (Å²) in [5, 5.41) is 2.78. The topological polar surface area (TPSA) is 41.5 Å². The first-order chi connectivity index (χ1) is 7.36. The molecule has 3 nitrogen and oxygen atoms in total. The zero-order valence-corrected chi connectivity index (χ0v) is 9.09. The smallest absolute Gasteiger partial charge is 0.336 e. The summed E-state index contributed by atoms with van der Waals surface area (Å²) in [6.45, 7) is 0.763. The molecule has 0 aromatic rings. The van der Waals surface area contributed by atoms with Crippen LogP contribution in [0.5, 0.6) is 0 Å². The predicted molar refractivity (Wildman–Crippen MR) is 61.2 cm³/mol. The number of carbonyl (C=O) groups is 1. The molecule has 2 rings (SSSR count). The molecule has 0 fully saturated rings. The highest BCUT2D eigenvalue weighted by molar-refractivity contribution is 6.06. The maximum absolute atomic E-state index is 11.3. The standard InChI is InChI=1S/C12H18N2O/c15-12-13-9-5-8-11(14-12)10-6-3-1-2-4-7-10/h6H,1-5,7-9H2,(H,13,15). The van der Waals surface area contributed by atoms with Crippen molar-refractivity contribution >= 4 is 11.7 Å². The number of urea groups is 1. The van der Waals surface area contributed by atoms with Gasteiger partial charge in [0, 0.05) is 12.3 Å². The van der Waals surface area contributed by atoms with Gasteiger partial charge in [-0.25, -0.2) is 4.79 Å². The van der Waals surface area contributed by atoms with Gasteiger partial charge in [0.2, 0.25) is 0 Å². The summed E-state index contributed by atoms with van der Waals surface area (Å²) in [5.41, 5.74) is 2.36. The third kappa shape index (κ3) is 2.91. The number of amides is 2. The van der Waals surface area contributed by atoms with Crippen molar-refractivity contribution in [3.63, 3.8) is 0 Å². The highest BCUT2D eigenvalue weighted by Gasteiger charge is 2.14. The number of rotatable bonds is 1. The molecular formula is C12H18N2O. The molecule has 0 aromatic heterocycles. The normalized spacial score (nSPS) is 23.3. The van der Waals surface area contributed by atoms with E-state index in [0.717, 1.165) is 37.9 Å². The van der Waals surface area contributed by atoms with E-state index in [1.165, 1.54) is 24.8 Å². The van der Waals surface area contributed by atoms with Crippen LogP contribution in [0.1, 0.15) is 44.9 Å². The maximum Gasteiger partial charge on any atom is 0.341 e. The first-order valence-corrected chi connectivity index (χ1v) is 5.91. The van der Waals surface area contributed by atoms with Gasteiger partial charge in [-0.1, -0.05) is 12.5 Å². The summed E-state index contributed by atoms with van der Waals surface area (Å²) in [7, 11) is 0. The Morgan fingerprint density at radius 1 is 1.13 bits per heavy atom. The number of nitrogens with zero attached hydrogens (tertiary/aromatic N) is 1. The molecule has 3 heteroatoms. The fourth-order valence-electron chi connectivity index (χ4n) is 2.18. The van der Waals surface area contributed by atoms with E-state index in [1.807, 2.05) is 0 Å². The van der Waals surface area contributed by atoms with Gasteiger partial charge in [-0.15, -0.1) is 0 Å². The number of hydrogen-bond acceptors (Lipinski definition) is 1. The molecule has 0 radical (unpaired) electrons.